The highest BCUT2D eigenvalue weighted by Crippen LogP contribution is 2.08. The first-order chi connectivity index (χ1) is 10.2. The Labute approximate surface area is 127 Å². The highest BCUT2D eigenvalue weighted by atomic mass is 16.2. The van der Waals surface area contributed by atoms with Crippen LogP contribution in [-0.4, -0.2) is 85.4 Å². The number of hydrogen-bond donors (Lipinski definition) is 1. The Hall–Kier alpha value is -1.14. The fraction of sp³-hybridized carbons (Fsp3) is 0.867. The second kappa shape index (κ2) is 8.34. The van der Waals surface area contributed by atoms with Gasteiger partial charge in [-0.2, -0.15) is 0 Å². The molecule has 0 atom stereocenters. The van der Waals surface area contributed by atoms with Gasteiger partial charge in [-0.05, 0) is 32.4 Å². The first kappa shape index (κ1) is 16.2. The Balaban J connectivity index is 1.65. The molecule has 0 radical (unpaired) electrons. The predicted octanol–water partition coefficient (Wildman–Crippen LogP) is -0.247. The lowest BCUT2D eigenvalue weighted by Crippen LogP contribution is -2.52. The molecule has 1 N–H and O–H groups in total. The Bertz CT molecular complexity index is 348. The lowest BCUT2D eigenvalue weighted by Gasteiger charge is -2.35. The molecule has 0 bridgehead atoms. The van der Waals surface area contributed by atoms with Gasteiger partial charge in [-0.15, -0.1) is 0 Å². The Morgan fingerprint density at radius 3 is 2.14 bits per heavy atom. The molecule has 0 aromatic rings. The van der Waals surface area contributed by atoms with E-state index in [4.69, 9.17) is 0 Å². The zero-order valence-electron chi connectivity index (χ0n) is 13.1. The number of piperazine rings is 1. The fourth-order valence-electron chi connectivity index (χ4n) is 2.91. The van der Waals surface area contributed by atoms with Crippen LogP contribution in [0.2, 0.25) is 0 Å². The molecule has 0 aromatic carbocycles. The van der Waals surface area contributed by atoms with Crippen molar-refractivity contribution in [2.24, 2.45) is 0 Å². The monoisotopic (exact) mass is 296 g/mol. The summed E-state index contributed by atoms with van der Waals surface area (Å²) >= 11 is 0. The highest BCUT2D eigenvalue weighted by Gasteiger charge is 2.24. The third-order valence-electron chi connectivity index (χ3n) is 4.22. The third kappa shape index (κ3) is 5.28. The normalized spacial score (nSPS) is 20.7. The molecule has 2 rings (SSSR count). The number of rotatable bonds is 6. The summed E-state index contributed by atoms with van der Waals surface area (Å²) in [5.41, 5.74) is 0. The first-order valence-electron chi connectivity index (χ1n) is 8.18. The van der Waals surface area contributed by atoms with Crippen LogP contribution in [0.25, 0.3) is 0 Å². The zero-order chi connectivity index (χ0) is 15.1. The molecular weight excluding hydrogens is 268 g/mol. The van der Waals surface area contributed by atoms with Crippen molar-refractivity contribution in [3.8, 4) is 0 Å². The minimum Gasteiger partial charge on any atom is -0.355 e. The third-order valence-corrected chi connectivity index (χ3v) is 4.22. The van der Waals surface area contributed by atoms with E-state index in [1.807, 2.05) is 11.8 Å². The summed E-state index contributed by atoms with van der Waals surface area (Å²) in [6, 6.07) is 0. The van der Waals surface area contributed by atoms with E-state index in [0.29, 0.717) is 13.1 Å². The summed E-state index contributed by atoms with van der Waals surface area (Å²) in [6.07, 6.45) is 3.40. The summed E-state index contributed by atoms with van der Waals surface area (Å²) in [7, 11) is 0. The van der Waals surface area contributed by atoms with Crippen molar-refractivity contribution in [1.29, 1.82) is 0 Å². The number of nitrogens with one attached hydrogen (secondary N) is 1. The van der Waals surface area contributed by atoms with Crippen LogP contribution >= 0.6 is 0 Å². The molecule has 0 spiro atoms. The zero-order valence-corrected chi connectivity index (χ0v) is 13.1. The van der Waals surface area contributed by atoms with E-state index in [9.17, 15) is 9.59 Å². The van der Waals surface area contributed by atoms with Gasteiger partial charge in [-0.25, -0.2) is 0 Å². The summed E-state index contributed by atoms with van der Waals surface area (Å²) in [4.78, 5) is 30.2. The molecule has 6 nitrogen and oxygen atoms in total. The second-order valence-corrected chi connectivity index (χ2v) is 5.99. The van der Waals surface area contributed by atoms with Gasteiger partial charge in [0.25, 0.3) is 0 Å². The van der Waals surface area contributed by atoms with Crippen LogP contribution in [0.1, 0.15) is 26.2 Å². The average molecular weight is 296 g/mol. The van der Waals surface area contributed by atoms with E-state index in [0.717, 1.165) is 52.2 Å². The summed E-state index contributed by atoms with van der Waals surface area (Å²) < 4.78 is 0. The molecule has 2 heterocycles. The van der Waals surface area contributed by atoms with Crippen molar-refractivity contribution < 1.29 is 9.59 Å². The van der Waals surface area contributed by atoms with Crippen LogP contribution < -0.4 is 5.32 Å². The fourth-order valence-corrected chi connectivity index (χ4v) is 2.91. The van der Waals surface area contributed by atoms with Gasteiger partial charge < -0.3 is 10.2 Å². The predicted molar refractivity (Wildman–Crippen MR) is 82.0 cm³/mol. The largest absolute Gasteiger partial charge is 0.355 e. The molecule has 120 valence electrons. The molecule has 0 saturated carbocycles. The van der Waals surface area contributed by atoms with E-state index in [1.54, 1.807) is 0 Å². The topological polar surface area (TPSA) is 55.9 Å². The molecule has 6 heteroatoms. The summed E-state index contributed by atoms with van der Waals surface area (Å²) in [5, 5.41) is 2.89. The van der Waals surface area contributed by atoms with Crippen molar-refractivity contribution in [3.63, 3.8) is 0 Å². The smallest absolute Gasteiger partial charge is 0.236 e. The molecule has 21 heavy (non-hydrogen) atoms. The molecule has 0 aromatic heterocycles. The van der Waals surface area contributed by atoms with Gasteiger partial charge in [-0.1, -0.05) is 6.92 Å². The van der Waals surface area contributed by atoms with Crippen LogP contribution in [0.5, 0.6) is 0 Å². The molecule has 2 fully saturated rings. The van der Waals surface area contributed by atoms with Crippen molar-refractivity contribution >= 4 is 11.8 Å². The number of carbonyl (C=O) groups excluding carboxylic acids is 2. The van der Waals surface area contributed by atoms with E-state index in [1.165, 1.54) is 12.8 Å². The number of carbonyl (C=O) groups is 2. The average Bonchev–Trinajstić information content (AvgIpc) is 2.98. The second-order valence-electron chi connectivity index (χ2n) is 5.99. The maximum Gasteiger partial charge on any atom is 0.236 e. The molecule has 2 saturated heterocycles. The maximum absolute atomic E-state index is 12.2. The molecule has 2 aliphatic rings. The standard InChI is InChI=1S/C15H28N4O2/c1-2-5-16-14(20)12-18-8-10-19(11-9-18)15(21)13-17-6-3-4-7-17/h2-13H2,1H3,(H,16,20). The van der Waals surface area contributed by atoms with Crippen LogP contribution in [0.15, 0.2) is 0 Å². The van der Waals surface area contributed by atoms with E-state index < -0.39 is 0 Å². The SMILES string of the molecule is CCCNC(=O)CN1CCN(C(=O)CN2CCCC2)CC1. The Morgan fingerprint density at radius 2 is 1.52 bits per heavy atom. The molecule has 2 amide bonds. The number of amides is 2. The Morgan fingerprint density at radius 1 is 0.905 bits per heavy atom. The van der Waals surface area contributed by atoms with Crippen LogP contribution in [0.3, 0.4) is 0 Å². The quantitative estimate of drug-likeness (QED) is 0.734. The maximum atomic E-state index is 12.2. The van der Waals surface area contributed by atoms with Crippen molar-refractivity contribution in [2.75, 3.05) is 58.9 Å². The van der Waals surface area contributed by atoms with Crippen molar-refractivity contribution in [2.45, 2.75) is 26.2 Å². The van der Waals surface area contributed by atoms with Crippen LogP contribution in [0.4, 0.5) is 0 Å². The molecule has 2 aliphatic heterocycles. The van der Waals surface area contributed by atoms with Gasteiger partial charge in [0.15, 0.2) is 0 Å². The van der Waals surface area contributed by atoms with Crippen LogP contribution in [0, 0.1) is 0 Å². The lowest BCUT2D eigenvalue weighted by atomic mass is 10.3. The van der Waals surface area contributed by atoms with Gasteiger partial charge in [0.2, 0.25) is 11.8 Å². The summed E-state index contributed by atoms with van der Waals surface area (Å²) in [6.45, 7) is 9.01. The van der Waals surface area contributed by atoms with E-state index >= 15 is 0 Å². The summed E-state index contributed by atoms with van der Waals surface area (Å²) in [5.74, 6) is 0.334. The number of likely N-dealkylation sites (tertiary alicyclic amines) is 1. The van der Waals surface area contributed by atoms with Gasteiger partial charge in [0.1, 0.15) is 0 Å². The van der Waals surface area contributed by atoms with Crippen molar-refractivity contribution in [3.05, 3.63) is 0 Å². The van der Waals surface area contributed by atoms with E-state index in [2.05, 4.69) is 15.1 Å². The van der Waals surface area contributed by atoms with Crippen molar-refractivity contribution in [1.82, 2.24) is 20.0 Å². The van der Waals surface area contributed by atoms with Gasteiger partial charge in [0, 0.05) is 32.7 Å². The number of hydrogen-bond acceptors (Lipinski definition) is 4. The molecule has 0 unspecified atom stereocenters. The minimum atomic E-state index is 0.0914. The lowest BCUT2D eigenvalue weighted by molar-refractivity contribution is -0.134. The van der Waals surface area contributed by atoms with Gasteiger partial charge in [0.05, 0.1) is 13.1 Å². The first-order valence-corrected chi connectivity index (χ1v) is 8.18. The van der Waals surface area contributed by atoms with Gasteiger partial charge in [-0.3, -0.25) is 19.4 Å². The molecule has 0 aliphatic carbocycles. The molecular formula is C15H28N4O2. The van der Waals surface area contributed by atoms with E-state index in [-0.39, 0.29) is 11.8 Å². The minimum absolute atomic E-state index is 0.0914. The van der Waals surface area contributed by atoms with Gasteiger partial charge >= 0.3 is 0 Å². The highest BCUT2D eigenvalue weighted by molar-refractivity contribution is 5.79. The number of nitrogens with zero attached hydrogens (tertiary/aromatic N) is 3. The van der Waals surface area contributed by atoms with Crippen LogP contribution in [-0.2, 0) is 9.59 Å². The Kier molecular flexibility index (Phi) is 6.45.